The van der Waals surface area contributed by atoms with Crippen LogP contribution in [0, 0.1) is 12.7 Å². The molecule has 2 rings (SSSR count). The van der Waals surface area contributed by atoms with E-state index in [1.807, 2.05) is 0 Å². The number of aromatic nitrogens is 1. The molecular formula is C20H21FN2O6. The van der Waals surface area contributed by atoms with Gasteiger partial charge < -0.3 is 19.8 Å². The molecule has 8 nitrogen and oxygen atoms in total. The van der Waals surface area contributed by atoms with Crippen LogP contribution in [-0.4, -0.2) is 48.4 Å². The average Bonchev–Trinajstić information content (AvgIpc) is 3.03. The Hall–Kier alpha value is -3.49. The van der Waals surface area contributed by atoms with E-state index in [0.717, 1.165) is 0 Å². The summed E-state index contributed by atoms with van der Waals surface area (Å²) in [5.41, 5.74) is 0.681. The highest BCUT2D eigenvalue weighted by Gasteiger charge is 2.30. The summed E-state index contributed by atoms with van der Waals surface area (Å²) >= 11 is 0. The highest BCUT2D eigenvalue weighted by molar-refractivity contribution is 6.44. The van der Waals surface area contributed by atoms with E-state index in [4.69, 9.17) is 9.47 Å². The summed E-state index contributed by atoms with van der Waals surface area (Å²) in [5, 5.41) is 2.18. The van der Waals surface area contributed by atoms with E-state index in [1.165, 1.54) is 24.3 Å². The fraction of sp³-hybridized carbons (Fsp3) is 0.300. The molecule has 0 radical (unpaired) electrons. The number of rotatable bonds is 8. The third-order valence-electron chi connectivity index (χ3n) is 3.93. The quantitative estimate of drug-likeness (QED) is 0.396. The van der Waals surface area contributed by atoms with Crippen molar-refractivity contribution in [3.8, 4) is 11.1 Å². The van der Waals surface area contributed by atoms with E-state index in [0.29, 0.717) is 11.3 Å². The Morgan fingerprint density at radius 3 is 2.24 bits per heavy atom. The van der Waals surface area contributed by atoms with E-state index in [9.17, 15) is 23.6 Å². The maximum absolute atomic E-state index is 13.3. The number of nitrogens with one attached hydrogen (secondary N) is 2. The molecule has 0 aliphatic carbocycles. The van der Waals surface area contributed by atoms with Crippen LogP contribution in [0.2, 0.25) is 0 Å². The molecule has 0 fully saturated rings. The molecule has 0 bridgehead atoms. The van der Waals surface area contributed by atoms with Crippen LogP contribution in [0.5, 0.6) is 0 Å². The summed E-state index contributed by atoms with van der Waals surface area (Å²) < 4.78 is 23.1. The second-order valence-electron chi connectivity index (χ2n) is 5.92. The summed E-state index contributed by atoms with van der Waals surface area (Å²) in [5.74, 6) is -3.93. The van der Waals surface area contributed by atoms with Gasteiger partial charge in [0.15, 0.2) is 0 Å². The van der Waals surface area contributed by atoms with Crippen molar-refractivity contribution >= 4 is 23.6 Å². The number of H-pyrrole nitrogens is 1. The first-order valence-electron chi connectivity index (χ1n) is 8.93. The summed E-state index contributed by atoms with van der Waals surface area (Å²) in [7, 11) is 0. The number of esters is 2. The first kappa shape index (κ1) is 21.8. The van der Waals surface area contributed by atoms with Crippen LogP contribution in [0.1, 0.15) is 40.4 Å². The zero-order valence-corrected chi connectivity index (χ0v) is 16.3. The molecule has 0 unspecified atom stereocenters. The number of ketones is 1. The lowest BCUT2D eigenvalue weighted by atomic mass is 9.98. The second-order valence-corrected chi connectivity index (χ2v) is 5.92. The van der Waals surface area contributed by atoms with Gasteiger partial charge in [-0.15, -0.1) is 0 Å². The predicted molar refractivity (Wildman–Crippen MR) is 101 cm³/mol. The number of hydrogen-bond donors (Lipinski definition) is 2. The normalized spacial score (nSPS) is 10.3. The largest absolute Gasteiger partial charge is 0.465 e. The number of halogens is 1. The number of benzene rings is 1. The van der Waals surface area contributed by atoms with Crippen molar-refractivity contribution < 1.29 is 33.0 Å². The van der Waals surface area contributed by atoms with Crippen molar-refractivity contribution in [2.45, 2.75) is 20.8 Å². The Kier molecular flexibility index (Phi) is 7.24. The lowest BCUT2D eigenvalue weighted by Crippen LogP contribution is -2.36. The van der Waals surface area contributed by atoms with E-state index >= 15 is 0 Å². The Morgan fingerprint density at radius 2 is 1.66 bits per heavy atom. The number of carbonyl (C=O) groups is 4. The SMILES string of the molecule is CCOC(=O)CNC(=O)C(=O)c1[nH]c(C)c(C(=O)OCC)c1-c1ccc(F)cc1. The van der Waals surface area contributed by atoms with Crippen molar-refractivity contribution in [1.29, 1.82) is 0 Å². The van der Waals surface area contributed by atoms with Gasteiger partial charge in [-0.25, -0.2) is 9.18 Å². The van der Waals surface area contributed by atoms with E-state index < -0.39 is 36.0 Å². The lowest BCUT2D eigenvalue weighted by molar-refractivity contribution is -0.143. The molecule has 0 saturated heterocycles. The van der Waals surface area contributed by atoms with Gasteiger partial charge in [0.25, 0.3) is 11.7 Å². The molecule has 0 atom stereocenters. The van der Waals surface area contributed by atoms with Gasteiger partial charge in [-0.05, 0) is 38.5 Å². The lowest BCUT2D eigenvalue weighted by Gasteiger charge is -2.08. The standard InChI is InChI=1S/C20H21FN2O6/c1-4-28-14(24)10-22-19(26)18(25)17-16(12-6-8-13(21)9-7-12)15(11(3)23-17)20(27)29-5-2/h6-9,23H,4-5,10H2,1-3H3,(H,22,26). The van der Waals surface area contributed by atoms with Crippen molar-refractivity contribution in [2.24, 2.45) is 0 Å². The van der Waals surface area contributed by atoms with Crippen LogP contribution in [-0.2, 0) is 19.1 Å². The van der Waals surface area contributed by atoms with Gasteiger partial charge in [0.05, 0.1) is 18.8 Å². The zero-order valence-electron chi connectivity index (χ0n) is 16.3. The molecule has 1 aromatic carbocycles. The van der Waals surface area contributed by atoms with Crippen molar-refractivity contribution in [2.75, 3.05) is 19.8 Å². The summed E-state index contributed by atoms with van der Waals surface area (Å²) in [6.45, 7) is 4.55. The van der Waals surface area contributed by atoms with Crippen molar-refractivity contribution in [3.63, 3.8) is 0 Å². The minimum absolute atomic E-state index is 0.0694. The van der Waals surface area contributed by atoms with E-state index in [-0.39, 0.29) is 30.0 Å². The molecule has 1 amide bonds. The molecule has 1 aromatic heterocycles. The molecule has 0 saturated carbocycles. The summed E-state index contributed by atoms with van der Waals surface area (Å²) in [6, 6.07) is 5.10. The highest BCUT2D eigenvalue weighted by Crippen LogP contribution is 2.31. The van der Waals surface area contributed by atoms with Gasteiger partial charge >= 0.3 is 11.9 Å². The average molecular weight is 404 g/mol. The van der Waals surface area contributed by atoms with Crippen LogP contribution in [0.3, 0.4) is 0 Å². The molecule has 1 heterocycles. The van der Waals surface area contributed by atoms with Gasteiger partial charge in [-0.3, -0.25) is 14.4 Å². The second kappa shape index (κ2) is 9.63. The number of aryl methyl sites for hydroxylation is 1. The topological polar surface area (TPSA) is 115 Å². The molecule has 29 heavy (non-hydrogen) atoms. The molecular weight excluding hydrogens is 383 g/mol. The third kappa shape index (κ3) is 5.07. The van der Waals surface area contributed by atoms with Gasteiger partial charge in [0.1, 0.15) is 18.1 Å². The first-order valence-corrected chi connectivity index (χ1v) is 8.93. The fourth-order valence-corrected chi connectivity index (χ4v) is 2.72. The third-order valence-corrected chi connectivity index (χ3v) is 3.93. The first-order chi connectivity index (χ1) is 13.8. The van der Waals surface area contributed by atoms with Crippen LogP contribution >= 0.6 is 0 Å². The number of ether oxygens (including phenoxy) is 2. The van der Waals surface area contributed by atoms with Crippen LogP contribution in [0.25, 0.3) is 11.1 Å². The smallest absolute Gasteiger partial charge is 0.340 e. The molecule has 2 N–H and O–H groups in total. The van der Waals surface area contributed by atoms with Crippen molar-refractivity contribution in [1.82, 2.24) is 10.3 Å². The van der Waals surface area contributed by atoms with Gasteiger partial charge in [-0.1, -0.05) is 12.1 Å². The minimum Gasteiger partial charge on any atom is -0.465 e. The zero-order chi connectivity index (χ0) is 21.6. The fourth-order valence-electron chi connectivity index (χ4n) is 2.72. The summed E-state index contributed by atoms with van der Waals surface area (Å²) in [6.07, 6.45) is 0. The Labute approximate surface area is 166 Å². The number of hydrogen-bond acceptors (Lipinski definition) is 6. The maximum Gasteiger partial charge on any atom is 0.340 e. The molecule has 9 heteroatoms. The van der Waals surface area contributed by atoms with Gasteiger partial charge in [0.2, 0.25) is 0 Å². The number of aromatic amines is 1. The monoisotopic (exact) mass is 404 g/mol. The van der Waals surface area contributed by atoms with Crippen LogP contribution in [0.4, 0.5) is 4.39 Å². The minimum atomic E-state index is -1.06. The molecule has 0 spiro atoms. The Morgan fingerprint density at radius 1 is 1.03 bits per heavy atom. The molecule has 0 aliphatic heterocycles. The predicted octanol–water partition coefficient (Wildman–Crippen LogP) is 2.17. The van der Waals surface area contributed by atoms with Gasteiger partial charge in [0, 0.05) is 11.3 Å². The number of amides is 1. The van der Waals surface area contributed by atoms with Crippen molar-refractivity contribution in [3.05, 3.63) is 47.0 Å². The van der Waals surface area contributed by atoms with Crippen LogP contribution in [0.15, 0.2) is 24.3 Å². The van der Waals surface area contributed by atoms with E-state index in [2.05, 4.69) is 10.3 Å². The number of carbonyl (C=O) groups excluding carboxylic acids is 4. The van der Waals surface area contributed by atoms with Gasteiger partial charge in [-0.2, -0.15) is 0 Å². The number of Topliss-reactive ketones (excluding diaryl/α,β-unsaturated/α-hetero) is 1. The maximum atomic E-state index is 13.3. The molecule has 154 valence electrons. The molecule has 2 aromatic rings. The summed E-state index contributed by atoms with van der Waals surface area (Å²) in [4.78, 5) is 51.5. The highest BCUT2D eigenvalue weighted by atomic mass is 19.1. The Balaban J connectivity index is 2.45. The van der Waals surface area contributed by atoms with Crippen LogP contribution < -0.4 is 5.32 Å². The Bertz CT molecular complexity index is 933. The van der Waals surface area contributed by atoms with E-state index in [1.54, 1.807) is 20.8 Å². The molecule has 0 aliphatic rings.